The van der Waals surface area contributed by atoms with Crippen molar-refractivity contribution in [3.63, 3.8) is 0 Å². The highest BCUT2D eigenvalue weighted by atomic mass is 16.5. The monoisotopic (exact) mass is 462 g/mol. The first-order valence-corrected chi connectivity index (χ1v) is 11.2. The van der Waals surface area contributed by atoms with Gasteiger partial charge in [-0.05, 0) is 24.6 Å². The van der Waals surface area contributed by atoms with Gasteiger partial charge in [0.25, 0.3) is 0 Å². The van der Waals surface area contributed by atoms with Crippen LogP contribution >= 0.6 is 0 Å². The quantitative estimate of drug-likeness (QED) is 0.375. The molecular formula is C24H26N6O4. The van der Waals surface area contributed by atoms with Crippen molar-refractivity contribution in [3.05, 3.63) is 49.1 Å². The highest BCUT2D eigenvalue weighted by molar-refractivity contribution is 5.87. The van der Waals surface area contributed by atoms with E-state index >= 15 is 0 Å². The Bertz CT molecular complexity index is 1230. The Labute approximate surface area is 196 Å². The number of hydrogen-bond acceptors (Lipinski definition) is 9. The molecule has 34 heavy (non-hydrogen) atoms. The Morgan fingerprint density at radius 2 is 2.03 bits per heavy atom. The molecule has 3 aromatic heterocycles. The van der Waals surface area contributed by atoms with Gasteiger partial charge in [0.05, 0.1) is 43.5 Å². The van der Waals surface area contributed by atoms with E-state index in [-0.39, 0.29) is 0 Å². The van der Waals surface area contributed by atoms with Crippen molar-refractivity contribution >= 4 is 10.9 Å². The number of nitrogens with one attached hydrogen (secondary N) is 1. The molecule has 0 aliphatic carbocycles. The van der Waals surface area contributed by atoms with E-state index in [4.69, 9.17) is 18.9 Å². The Morgan fingerprint density at radius 3 is 2.85 bits per heavy atom. The van der Waals surface area contributed by atoms with Gasteiger partial charge in [0.2, 0.25) is 11.8 Å². The van der Waals surface area contributed by atoms with E-state index in [1.165, 1.54) is 6.33 Å². The van der Waals surface area contributed by atoms with Gasteiger partial charge in [0.15, 0.2) is 11.5 Å². The second kappa shape index (κ2) is 10.4. The molecule has 4 aromatic rings. The highest BCUT2D eigenvalue weighted by Gasteiger charge is 2.15. The van der Waals surface area contributed by atoms with Crippen LogP contribution in [0.1, 0.15) is 6.42 Å². The normalized spacial score (nSPS) is 14.3. The summed E-state index contributed by atoms with van der Waals surface area (Å²) in [6.07, 6.45) is 5.85. The highest BCUT2D eigenvalue weighted by Crippen LogP contribution is 2.36. The first-order valence-electron chi connectivity index (χ1n) is 11.2. The number of methoxy groups -OCH3 is 1. The maximum atomic E-state index is 6.03. The minimum atomic E-state index is 0.381. The fourth-order valence-corrected chi connectivity index (χ4v) is 3.81. The van der Waals surface area contributed by atoms with E-state index in [0.29, 0.717) is 40.8 Å². The summed E-state index contributed by atoms with van der Waals surface area (Å²) in [5.74, 6) is 2.00. The second-order valence-electron chi connectivity index (χ2n) is 7.82. The first-order chi connectivity index (χ1) is 16.8. The number of pyridine rings is 1. The van der Waals surface area contributed by atoms with Crippen LogP contribution in [0.3, 0.4) is 0 Å². The number of benzene rings is 1. The molecule has 1 aliphatic heterocycles. The maximum Gasteiger partial charge on any atom is 0.240 e. The van der Waals surface area contributed by atoms with E-state index in [2.05, 4.69) is 30.0 Å². The second-order valence-corrected chi connectivity index (χ2v) is 7.82. The SMILES string of the molecule is COc1cc2c(Oc3cc(-c4cccnc4)[nH]n3)ncnc2cc1OCCCN1CCOCC1. The van der Waals surface area contributed by atoms with E-state index in [9.17, 15) is 0 Å². The lowest BCUT2D eigenvalue weighted by Gasteiger charge is -2.26. The van der Waals surface area contributed by atoms with Gasteiger partial charge in [-0.1, -0.05) is 0 Å². The van der Waals surface area contributed by atoms with Crippen LogP contribution in [-0.4, -0.2) is 76.6 Å². The lowest BCUT2D eigenvalue weighted by atomic mass is 10.2. The molecule has 0 bridgehead atoms. The molecule has 176 valence electrons. The van der Waals surface area contributed by atoms with Gasteiger partial charge in [0, 0.05) is 49.7 Å². The fraction of sp³-hybridized carbons (Fsp3) is 0.333. The Morgan fingerprint density at radius 1 is 1.12 bits per heavy atom. The topological polar surface area (TPSA) is 108 Å². The number of hydrogen-bond donors (Lipinski definition) is 1. The van der Waals surface area contributed by atoms with Gasteiger partial charge in [-0.25, -0.2) is 9.97 Å². The summed E-state index contributed by atoms with van der Waals surface area (Å²) in [4.78, 5) is 15.2. The average molecular weight is 463 g/mol. The molecule has 1 fully saturated rings. The third kappa shape index (κ3) is 5.08. The van der Waals surface area contributed by atoms with Gasteiger partial charge in [-0.2, -0.15) is 0 Å². The van der Waals surface area contributed by atoms with Crippen LogP contribution in [0, 0.1) is 0 Å². The van der Waals surface area contributed by atoms with Crippen LogP contribution < -0.4 is 14.2 Å². The lowest BCUT2D eigenvalue weighted by molar-refractivity contribution is 0.0357. The number of H-pyrrole nitrogens is 1. The van der Waals surface area contributed by atoms with Gasteiger partial charge < -0.3 is 18.9 Å². The van der Waals surface area contributed by atoms with Gasteiger partial charge in [0.1, 0.15) is 6.33 Å². The zero-order chi connectivity index (χ0) is 23.2. The van der Waals surface area contributed by atoms with E-state index < -0.39 is 0 Å². The Balaban J connectivity index is 1.30. The molecule has 0 atom stereocenters. The summed E-state index contributed by atoms with van der Waals surface area (Å²) in [5, 5.41) is 7.90. The molecule has 5 rings (SSSR count). The number of morpholine rings is 1. The molecule has 1 aliphatic rings. The average Bonchev–Trinajstić information content (AvgIpc) is 3.36. The molecule has 1 aromatic carbocycles. The molecule has 1 saturated heterocycles. The number of aromatic amines is 1. The summed E-state index contributed by atoms with van der Waals surface area (Å²) in [7, 11) is 1.61. The van der Waals surface area contributed by atoms with Crippen molar-refractivity contribution < 1.29 is 18.9 Å². The van der Waals surface area contributed by atoms with Crippen molar-refractivity contribution in [3.8, 4) is 34.5 Å². The summed E-state index contributed by atoms with van der Waals surface area (Å²) < 4.78 is 23.0. The predicted octanol–water partition coefficient (Wildman–Crippen LogP) is 3.32. The van der Waals surface area contributed by atoms with Crippen LogP contribution in [-0.2, 0) is 4.74 Å². The number of nitrogens with zero attached hydrogens (tertiary/aromatic N) is 5. The number of fused-ring (bicyclic) bond motifs is 1. The van der Waals surface area contributed by atoms with Crippen molar-refractivity contribution in [1.29, 1.82) is 0 Å². The molecule has 0 unspecified atom stereocenters. The minimum Gasteiger partial charge on any atom is -0.493 e. The van der Waals surface area contributed by atoms with Crippen LogP contribution in [0.15, 0.2) is 49.1 Å². The van der Waals surface area contributed by atoms with Crippen molar-refractivity contribution in [2.24, 2.45) is 0 Å². The standard InChI is InChI=1S/C24H26N6O4/c1-31-21-12-18-20(13-22(21)33-9-3-6-30-7-10-32-11-8-30)26-16-27-24(18)34-23-14-19(28-29-23)17-4-2-5-25-15-17/h2,4-5,12-16H,3,6-11H2,1H3,(H,28,29). The summed E-state index contributed by atoms with van der Waals surface area (Å²) in [6.45, 7) is 5.10. The first kappa shape index (κ1) is 22.1. The minimum absolute atomic E-state index is 0.381. The van der Waals surface area contributed by atoms with Crippen molar-refractivity contribution in [2.45, 2.75) is 6.42 Å². The molecule has 0 saturated carbocycles. The zero-order valence-corrected chi connectivity index (χ0v) is 18.9. The predicted molar refractivity (Wildman–Crippen MR) is 125 cm³/mol. The van der Waals surface area contributed by atoms with E-state index in [1.807, 2.05) is 24.3 Å². The number of rotatable bonds is 9. The molecule has 0 radical (unpaired) electrons. The molecule has 10 nitrogen and oxygen atoms in total. The van der Waals surface area contributed by atoms with Crippen molar-refractivity contribution in [1.82, 2.24) is 30.0 Å². The molecule has 1 N–H and O–H groups in total. The summed E-state index contributed by atoms with van der Waals surface area (Å²) in [5.41, 5.74) is 2.40. The largest absolute Gasteiger partial charge is 0.493 e. The van der Waals surface area contributed by atoms with Crippen molar-refractivity contribution in [2.75, 3.05) is 46.6 Å². The van der Waals surface area contributed by atoms with Gasteiger partial charge in [-0.15, -0.1) is 5.10 Å². The molecular weight excluding hydrogens is 436 g/mol. The summed E-state index contributed by atoms with van der Waals surface area (Å²) in [6, 6.07) is 9.29. The fourth-order valence-electron chi connectivity index (χ4n) is 3.81. The van der Waals surface area contributed by atoms with Crippen LogP contribution in [0.25, 0.3) is 22.2 Å². The molecule has 0 spiro atoms. The van der Waals surface area contributed by atoms with Gasteiger partial charge in [-0.3, -0.25) is 15.0 Å². The molecule has 10 heteroatoms. The maximum absolute atomic E-state index is 6.03. The third-order valence-corrected chi connectivity index (χ3v) is 5.59. The third-order valence-electron chi connectivity index (χ3n) is 5.59. The van der Waals surface area contributed by atoms with Crippen LogP contribution in [0.2, 0.25) is 0 Å². The number of aromatic nitrogens is 5. The van der Waals surface area contributed by atoms with Gasteiger partial charge >= 0.3 is 0 Å². The zero-order valence-electron chi connectivity index (χ0n) is 18.9. The molecule has 4 heterocycles. The van der Waals surface area contributed by atoms with E-state index in [1.54, 1.807) is 25.6 Å². The Hall–Kier alpha value is -3.76. The van der Waals surface area contributed by atoms with E-state index in [0.717, 1.165) is 50.5 Å². The Kier molecular flexibility index (Phi) is 6.78. The van der Waals surface area contributed by atoms with Crippen LogP contribution in [0.4, 0.5) is 0 Å². The summed E-state index contributed by atoms with van der Waals surface area (Å²) >= 11 is 0. The molecule has 0 amide bonds. The van der Waals surface area contributed by atoms with Crippen LogP contribution in [0.5, 0.6) is 23.3 Å². The smallest absolute Gasteiger partial charge is 0.240 e. The lowest BCUT2D eigenvalue weighted by Crippen LogP contribution is -2.37. The number of ether oxygens (including phenoxy) is 4.